The molecule has 1 aromatic rings. The van der Waals surface area contributed by atoms with Crippen molar-refractivity contribution in [1.29, 1.82) is 0 Å². The maximum atomic E-state index is 12.3. The molecule has 0 saturated heterocycles. The van der Waals surface area contributed by atoms with Gasteiger partial charge >= 0.3 is 6.09 Å². The largest absolute Gasteiger partial charge is 0.444 e. The van der Waals surface area contributed by atoms with Gasteiger partial charge in [-0.15, -0.1) is 0 Å². The third-order valence-electron chi connectivity index (χ3n) is 2.80. The Morgan fingerprint density at radius 3 is 2.43 bits per heavy atom. The van der Waals surface area contributed by atoms with Crippen molar-refractivity contribution in [2.75, 3.05) is 5.73 Å². The molecule has 0 atom stereocenters. The molecule has 0 spiro atoms. The number of rotatable bonds is 4. The SMILES string of the molecule is CC(C)(C)OC(=O)NC(C)(C)C(=O)Cc1cnccc1N. The zero-order valence-electron chi connectivity index (χ0n) is 13.2. The third-order valence-corrected chi connectivity index (χ3v) is 2.80. The topological polar surface area (TPSA) is 94.3 Å². The lowest BCUT2D eigenvalue weighted by atomic mass is 9.94. The van der Waals surface area contributed by atoms with Crippen LogP contribution >= 0.6 is 0 Å². The Morgan fingerprint density at radius 2 is 1.90 bits per heavy atom. The highest BCUT2D eigenvalue weighted by Gasteiger charge is 2.31. The Morgan fingerprint density at radius 1 is 1.29 bits per heavy atom. The van der Waals surface area contributed by atoms with Gasteiger partial charge in [-0.2, -0.15) is 0 Å². The van der Waals surface area contributed by atoms with E-state index in [4.69, 9.17) is 10.5 Å². The first-order valence-corrected chi connectivity index (χ1v) is 6.74. The summed E-state index contributed by atoms with van der Waals surface area (Å²) in [5.74, 6) is -0.173. The second kappa shape index (κ2) is 6.11. The first-order chi connectivity index (χ1) is 9.51. The van der Waals surface area contributed by atoms with E-state index in [2.05, 4.69) is 10.3 Å². The zero-order chi connectivity index (χ0) is 16.3. The molecular weight excluding hydrogens is 270 g/mol. The van der Waals surface area contributed by atoms with Gasteiger partial charge in [0, 0.05) is 30.1 Å². The number of Topliss-reactive ketones (excluding diaryl/α,β-unsaturated/α-hetero) is 1. The second-order valence-corrected chi connectivity index (χ2v) is 6.43. The quantitative estimate of drug-likeness (QED) is 0.886. The number of aromatic nitrogens is 1. The molecule has 0 aliphatic rings. The first-order valence-electron chi connectivity index (χ1n) is 6.74. The van der Waals surface area contributed by atoms with Crippen LogP contribution in [0, 0.1) is 0 Å². The van der Waals surface area contributed by atoms with E-state index in [0.717, 1.165) is 0 Å². The van der Waals surface area contributed by atoms with E-state index in [1.807, 2.05) is 0 Å². The number of nitrogens with two attached hydrogens (primary N) is 1. The Bertz CT molecular complexity index is 533. The van der Waals surface area contributed by atoms with Crippen molar-refractivity contribution in [3.05, 3.63) is 24.0 Å². The molecule has 0 aromatic carbocycles. The predicted molar refractivity (Wildman–Crippen MR) is 80.8 cm³/mol. The molecule has 0 bridgehead atoms. The second-order valence-electron chi connectivity index (χ2n) is 6.43. The highest BCUT2D eigenvalue weighted by atomic mass is 16.6. The van der Waals surface area contributed by atoms with Crippen molar-refractivity contribution in [1.82, 2.24) is 10.3 Å². The fourth-order valence-corrected chi connectivity index (χ4v) is 1.61. The molecule has 1 aromatic heterocycles. The number of pyridine rings is 1. The van der Waals surface area contributed by atoms with Crippen LogP contribution in [0.25, 0.3) is 0 Å². The molecule has 116 valence electrons. The predicted octanol–water partition coefficient (Wildman–Crippen LogP) is 2.08. The lowest BCUT2D eigenvalue weighted by molar-refractivity contribution is -0.123. The van der Waals surface area contributed by atoms with Crippen molar-refractivity contribution in [3.8, 4) is 0 Å². The van der Waals surface area contributed by atoms with Crippen LogP contribution in [-0.4, -0.2) is 28.0 Å². The Hall–Kier alpha value is -2.11. The summed E-state index contributed by atoms with van der Waals surface area (Å²) in [5, 5.41) is 2.58. The van der Waals surface area contributed by atoms with E-state index in [1.54, 1.807) is 53.1 Å². The molecule has 3 N–H and O–H groups in total. The minimum atomic E-state index is -1.05. The van der Waals surface area contributed by atoms with Gasteiger partial charge in [0.25, 0.3) is 0 Å². The van der Waals surface area contributed by atoms with Crippen molar-refractivity contribution in [3.63, 3.8) is 0 Å². The number of hydrogen-bond acceptors (Lipinski definition) is 5. The van der Waals surface area contributed by atoms with E-state index in [-0.39, 0.29) is 12.2 Å². The average Bonchev–Trinajstić information content (AvgIpc) is 2.28. The van der Waals surface area contributed by atoms with Gasteiger partial charge in [-0.1, -0.05) is 0 Å². The smallest absolute Gasteiger partial charge is 0.408 e. The highest BCUT2D eigenvalue weighted by Crippen LogP contribution is 2.15. The zero-order valence-corrected chi connectivity index (χ0v) is 13.2. The number of amides is 1. The number of ether oxygens (including phenoxy) is 1. The summed E-state index contributed by atoms with van der Waals surface area (Å²) < 4.78 is 5.16. The molecule has 0 radical (unpaired) electrons. The van der Waals surface area contributed by atoms with Crippen molar-refractivity contribution < 1.29 is 14.3 Å². The normalized spacial score (nSPS) is 11.9. The van der Waals surface area contributed by atoms with Crippen LogP contribution < -0.4 is 11.1 Å². The number of carbonyl (C=O) groups excluding carboxylic acids is 2. The minimum Gasteiger partial charge on any atom is -0.444 e. The molecule has 0 aliphatic heterocycles. The molecule has 0 aliphatic carbocycles. The molecule has 0 saturated carbocycles. The van der Waals surface area contributed by atoms with Crippen LogP contribution in [0.4, 0.5) is 10.5 Å². The molecular formula is C15H23N3O3. The number of carbonyl (C=O) groups is 2. The molecule has 1 amide bonds. The van der Waals surface area contributed by atoms with Crippen molar-refractivity contribution >= 4 is 17.6 Å². The molecule has 1 rings (SSSR count). The number of nitrogens with zero attached hydrogens (tertiary/aromatic N) is 1. The van der Waals surface area contributed by atoms with Gasteiger partial charge in [-0.3, -0.25) is 9.78 Å². The van der Waals surface area contributed by atoms with Crippen LogP contribution in [0.2, 0.25) is 0 Å². The monoisotopic (exact) mass is 293 g/mol. The highest BCUT2D eigenvalue weighted by molar-refractivity contribution is 5.93. The Balaban J connectivity index is 2.72. The first kappa shape index (κ1) is 16.9. The van der Waals surface area contributed by atoms with E-state index in [0.29, 0.717) is 11.3 Å². The van der Waals surface area contributed by atoms with E-state index < -0.39 is 17.2 Å². The lowest BCUT2D eigenvalue weighted by Gasteiger charge is -2.27. The maximum absolute atomic E-state index is 12.3. The maximum Gasteiger partial charge on any atom is 0.408 e. The lowest BCUT2D eigenvalue weighted by Crippen LogP contribution is -2.51. The molecule has 6 heteroatoms. The minimum absolute atomic E-state index is 0.0997. The summed E-state index contributed by atoms with van der Waals surface area (Å²) in [6.45, 7) is 8.55. The van der Waals surface area contributed by atoms with Crippen molar-refractivity contribution in [2.45, 2.75) is 52.2 Å². The van der Waals surface area contributed by atoms with E-state index in [9.17, 15) is 9.59 Å². The van der Waals surface area contributed by atoms with Crippen LogP contribution in [0.1, 0.15) is 40.2 Å². The summed E-state index contributed by atoms with van der Waals surface area (Å²) in [5.41, 5.74) is 5.27. The number of hydrogen-bond donors (Lipinski definition) is 2. The molecule has 0 fully saturated rings. The molecule has 0 unspecified atom stereocenters. The third kappa shape index (κ3) is 5.41. The number of nitrogen functional groups attached to an aromatic ring is 1. The summed E-state index contributed by atoms with van der Waals surface area (Å²) in [7, 11) is 0. The fraction of sp³-hybridized carbons (Fsp3) is 0.533. The van der Waals surface area contributed by atoms with Crippen molar-refractivity contribution in [2.24, 2.45) is 0 Å². The van der Waals surface area contributed by atoms with Crippen LogP contribution in [0.3, 0.4) is 0 Å². The van der Waals surface area contributed by atoms with Gasteiger partial charge in [-0.25, -0.2) is 4.79 Å². The van der Waals surface area contributed by atoms with Gasteiger partial charge in [0.05, 0.1) is 5.54 Å². The standard InChI is InChI=1S/C15H23N3O3/c1-14(2,3)21-13(20)18-15(4,5)12(19)8-10-9-17-7-6-11(10)16/h6-7,9H,8H2,1-5H3,(H2,16,17)(H,18,20). The van der Waals surface area contributed by atoms with Crippen LogP contribution in [0.5, 0.6) is 0 Å². The van der Waals surface area contributed by atoms with Gasteiger partial charge in [0.15, 0.2) is 5.78 Å². The summed E-state index contributed by atoms with van der Waals surface area (Å²) in [6.07, 6.45) is 2.59. The average molecular weight is 293 g/mol. The molecule has 1 heterocycles. The molecule has 6 nitrogen and oxygen atoms in total. The number of nitrogens with one attached hydrogen (secondary N) is 1. The molecule has 21 heavy (non-hydrogen) atoms. The van der Waals surface area contributed by atoms with Crippen LogP contribution in [-0.2, 0) is 16.0 Å². The summed E-state index contributed by atoms with van der Waals surface area (Å²) >= 11 is 0. The Labute approximate surface area is 125 Å². The fourth-order valence-electron chi connectivity index (χ4n) is 1.61. The van der Waals surface area contributed by atoms with Gasteiger partial charge in [0.1, 0.15) is 5.60 Å². The van der Waals surface area contributed by atoms with E-state index in [1.165, 1.54) is 0 Å². The van der Waals surface area contributed by atoms with Gasteiger partial charge in [0.2, 0.25) is 0 Å². The Kier molecular flexibility index (Phi) is 4.93. The van der Waals surface area contributed by atoms with Gasteiger partial charge < -0.3 is 15.8 Å². The van der Waals surface area contributed by atoms with Gasteiger partial charge in [-0.05, 0) is 40.7 Å². The summed E-state index contributed by atoms with van der Waals surface area (Å²) in [4.78, 5) is 28.1. The summed E-state index contributed by atoms with van der Waals surface area (Å²) in [6, 6.07) is 1.64. The number of anilines is 1. The number of ketones is 1. The van der Waals surface area contributed by atoms with Crippen LogP contribution in [0.15, 0.2) is 18.5 Å². The number of alkyl carbamates (subject to hydrolysis) is 1. The van der Waals surface area contributed by atoms with E-state index >= 15 is 0 Å².